The molecule has 0 fully saturated rings. The zero-order valence-corrected chi connectivity index (χ0v) is 21.8. The van der Waals surface area contributed by atoms with Gasteiger partial charge in [0.15, 0.2) is 27.6 Å². The summed E-state index contributed by atoms with van der Waals surface area (Å²) in [4.78, 5) is 17.1. The molecule has 0 radical (unpaired) electrons. The molecular formula is C26H27N5O3S2. The van der Waals surface area contributed by atoms with E-state index >= 15 is 0 Å². The fraction of sp³-hybridized carbons (Fsp3) is 0.231. The van der Waals surface area contributed by atoms with Crippen molar-refractivity contribution in [3.63, 3.8) is 0 Å². The Morgan fingerprint density at radius 3 is 2.78 bits per heavy atom. The number of allylic oxidation sites excluding steroid dienone is 1. The number of aromatic nitrogens is 4. The Balaban J connectivity index is 1.37. The standard InChI is InChI=1S/C26H27N5O3S2/c1-4-13-31-23(15-34-21-12-11-18(3)14-22(21)33-5-2)29-30-26(31)36-17-24(32)28-25-27-20(16-35-25)19-9-7-6-8-10-19/h4,6-12,14,16H,1,5,13,15,17H2,2-3H3,(H,27,28,32). The van der Waals surface area contributed by atoms with Crippen LogP contribution in [0.25, 0.3) is 11.3 Å². The smallest absolute Gasteiger partial charge is 0.236 e. The summed E-state index contributed by atoms with van der Waals surface area (Å²) in [6.07, 6.45) is 1.76. The third-order valence-electron chi connectivity index (χ3n) is 5.01. The van der Waals surface area contributed by atoms with Crippen LogP contribution < -0.4 is 14.8 Å². The van der Waals surface area contributed by atoms with Crippen molar-refractivity contribution < 1.29 is 14.3 Å². The normalized spacial score (nSPS) is 10.7. The van der Waals surface area contributed by atoms with Crippen molar-refractivity contribution in [2.45, 2.75) is 32.2 Å². The van der Waals surface area contributed by atoms with Gasteiger partial charge in [-0.15, -0.1) is 28.1 Å². The van der Waals surface area contributed by atoms with E-state index in [1.54, 1.807) is 6.08 Å². The molecule has 1 amide bonds. The number of thiazole rings is 1. The molecule has 10 heteroatoms. The minimum Gasteiger partial charge on any atom is -0.490 e. The quantitative estimate of drug-likeness (QED) is 0.192. The number of nitrogens with zero attached hydrogens (tertiary/aromatic N) is 4. The van der Waals surface area contributed by atoms with Gasteiger partial charge in [-0.1, -0.05) is 54.2 Å². The molecule has 0 atom stereocenters. The second-order valence-corrected chi connectivity index (χ2v) is 9.51. The lowest BCUT2D eigenvalue weighted by molar-refractivity contribution is -0.113. The summed E-state index contributed by atoms with van der Waals surface area (Å²) in [7, 11) is 0. The Morgan fingerprint density at radius 1 is 1.17 bits per heavy atom. The predicted molar refractivity (Wildman–Crippen MR) is 144 cm³/mol. The van der Waals surface area contributed by atoms with Crippen molar-refractivity contribution in [1.82, 2.24) is 19.7 Å². The molecule has 0 aliphatic heterocycles. The molecule has 8 nitrogen and oxygen atoms in total. The van der Waals surface area contributed by atoms with Gasteiger partial charge < -0.3 is 14.8 Å². The van der Waals surface area contributed by atoms with Gasteiger partial charge in [0.25, 0.3) is 0 Å². The van der Waals surface area contributed by atoms with E-state index in [0.717, 1.165) is 16.8 Å². The minimum atomic E-state index is -0.166. The second kappa shape index (κ2) is 12.4. The topological polar surface area (TPSA) is 91.2 Å². The number of carbonyl (C=O) groups is 1. The number of hydrogen-bond acceptors (Lipinski definition) is 8. The number of amides is 1. The van der Waals surface area contributed by atoms with Gasteiger partial charge in [-0.25, -0.2) is 4.98 Å². The Morgan fingerprint density at radius 2 is 2.00 bits per heavy atom. The Hall–Kier alpha value is -3.63. The Bertz CT molecular complexity index is 1320. The van der Waals surface area contributed by atoms with Crippen LogP contribution in [0.4, 0.5) is 5.13 Å². The predicted octanol–water partition coefficient (Wildman–Crippen LogP) is 5.60. The Labute approximate surface area is 218 Å². The van der Waals surface area contributed by atoms with E-state index < -0.39 is 0 Å². The first-order valence-corrected chi connectivity index (χ1v) is 13.3. The number of ether oxygens (including phenoxy) is 2. The maximum absolute atomic E-state index is 12.6. The first-order valence-electron chi connectivity index (χ1n) is 11.4. The lowest BCUT2D eigenvalue weighted by Crippen LogP contribution is -2.15. The molecule has 186 valence electrons. The van der Waals surface area contributed by atoms with Crippen molar-refractivity contribution in [3.8, 4) is 22.8 Å². The number of benzene rings is 2. The number of aryl methyl sites for hydroxylation is 1. The largest absolute Gasteiger partial charge is 0.490 e. The molecule has 36 heavy (non-hydrogen) atoms. The van der Waals surface area contributed by atoms with E-state index in [1.165, 1.54) is 23.1 Å². The zero-order chi connectivity index (χ0) is 25.3. The first kappa shape index (κ1) is 25.5. The van der Waals surface area contributed by atoms with E-state index in [4.69, 9.17) is 9.47 Å². The third-order valence-corrected chi connectivity index (χ3v) is 6.74. The molecule has 4 rings (SSSR count). The number of hydrogen-bond donors (Lipinski definition) is 1. The molecule has 4 aromatic rings. The molecule has 0 unspecified atom stereocenters. The average Bonchev–Trinajstić information content (AvgIpc) is 3.50. The van der Waals surface area contributed by atoms with Crippen molar-refractivity contribution >= 4 is 34.1 Å². The molecule has 0 aliphatic rings. The second-order valence-electron chi connectivity index (χ2n) is 7.71. The van der Waals surface area contributed by atoms with Crippen LogP contribution in [0.15, 0.2) is 71.7 Å². The average molecular weight is 522 g/mol. The molecule has 2 aromatic carbocycles. The van der Waals surface area contributed by atoms with Gasteiger partial charge in [0.1, 0.15) is 6.61 Å². The summed E-state index contributed by atoms with van der Waals surface area (Å²) in [5, 5.41) is 14.5. The SMILES string of the molecule is C=CCn1c(COc2ccc(C)cc2OCC)nnc1SCC(=O)Nc1nc(-c2ccccc2)cs1. The summed E-state index contributed by atoms with van der Waals surface area (Å²) < 4.78 is 13.6. The highest BCUT2D eigenvalue weighted by atomic mass is 32.2. The number of carbonyl (C=O) groups excluding carboxylic acids is 1. The van der Waals surface area contributed by atoms with Crippen molar-refractivity contribution in [3.05, 3.63) is 78.0 Å². The molecule has 1 N–H and O–H groups in total. The number of nitrogens with one attached hydrogen (secondary N) is 1. The van der Waals surface area contributed by atoms with Crippen LogP contribution in [-0.4, -0.2) is 38.0 Å². The van der Waals surface area contributed by atoms with Gasteiger partial charge in [0.2, 0.25) is 5.91 Å². The molecular weight excluding hydrogens is 494 g/mol. The van der Waals surface area contributed by atoms with Crippen LogP contribution in [0, 0.1) is 6.92 Å². The maximum Gasteiger partial charge on any atom is 0.236 e. The summed E-state index contributed by atoms with van der Waals surface area (Å²) in [6, 6.07) is 15.6. The highest BCUT2D eigenvalue weighted by Crippen LogP contribution is 2.29. The van der Waals surface area contributed by atoms with E-state index in [2.05, 4.69) is 27.1 Å². The molecule has 0 spiro atoms. The van der Waals surface area contributed by atoms with Gasteiger partial charge in [0.05, 0.1) is 18.1 Å². The molecule has 2 heterocycles. The third kappa shape index (κ3) is 6.52. The monoisotopic (exact) mass is 521 g/mol. The van der Waals surface area contributed by atoms with Gasteiger partial charge in [-0.05, 0) is 31.5 Å². The number of thioether (sulfide) groups is 1. The fourth-order valence-corrected chi connectivity index (χ4v) is 4.85. The van der Waals surface area contributed by atoms with Crippen LogP contribution in [0.5, 0.6) is 11.5 Å². The number of anilines is 1. The summed E-state index contributed by atoms with van der Waals surface area (Å²) >= 11 is 2.69. The van der Waals surface area contributed by atoms with E-state index in [-0.39, 0.29) is 18.3 Å². The zero-order valence-electron chi connectivity index (χ0n) is 20.1. The van der Waals surface area contributed by atoms with Crippen LogP contribution in [0.2, 0.25) is 0 Å². The molecule has 0 bridgehead atoms. The van der Waals surface area contributed by atoms with Crippen molar-refractivity contribution in [2.24, 2.45) is 0 Å². The first-order chi connectivity index (χ1) is 17.6. The molecule has 0 aliphatic carbocycles. The highest BCUT2D eigenvalue weighted by molar-refractivity contribution is 7.99. The summed E-state index contributed by atoms with van der Waals surface area (Å²) in [5.74, 6) is 1.97. The lowest BCUT2D eigenvalue weighted by atomic mass is 10.2. The van der Waals surface area contributed by atoms with Crippen LogP contribution in [-0.2, 0) is 17.9 Å². The lowest BCUT2D eigenvalue weighted by Gasteiger charge is -2.13. The van der Waals surface area contributed by atoms with Gasteiger partial charge in [0, 0.05) is 17.5 Å². The maximum atomic E-state index is 12.6. The van der Waals surface area contributed by atoms with E-state index in [9.17, 15) is 4.79 Å². The van der Waals surface area contributed by atoms with Crippen molar-refractivity contribution in [2.75, 3.05) is 17.7 Å². The van der Waals surface area contributed by atoms with Crippen LogP contribution >= 0.6 is 23.1 Å². The fourth-order valence-electron chi connectivity index (χ4n) is 3.35. The van der Waals surface area contributed by atoms with Gasteiger partial charge in [-0.2, -0.15) is 0 Å². The highest BCUT2D eigenvalue weighted by Gasteiger charge is 2.16. The van der Waals surface area contributed by atoms with E-state index in [1.807, 2.05) is 72.3 Å². The molecule has 2 aromatic heterocycles. The molecule has 0 saturated carbocycles. The van der Waals surface area contributed by atoms with Crippen molar-refractivity contribution in [1.29, 1.82) is 0 Å². The summed E-state index contributed by atoms with van der Waals surface area (Å²) in [6.45, 7) is 9.01. The number of rotatable bonds is 12. The summed E-state index contributed by atoms with van der Waals surface area (Å²) in [5.41, 5.74) is 2.93. The Kier molecular flexibility index (Phi) is 8.75. The van der Waals surface area contributed by atoms with Gasteiger partial charge >= 0.3 is 0 Å². The van der Waals surface area contributed by atoms with E-state index in [0.29, 0.717) is 40.8 Å². The molecule has 0 saturated heterocycles. The minimum absolute atomic E-state index is 0.166. The van der Waals surface area contributed by atoms with Crippen LogP contribution in [0.3, 0.4) is 0 Å². The van der Waals surface area contributed by atoms with Gasteiger partial charge in [-0.3, -0.25) is 9.36 Å². The van der Waals surface area contributed by atoms with Crippen LogP contribution in [0.1, 0.15) is 18.3 Å².